The predicted octanol–water partition coefficient (Wildman–Crippen LogP) is 1.20. The molecule has 0 aromatic heterocycles. The van der Waals surface area contributed by atoms with E-state index in [2.05, 4.69) is 0 Å². The van der Waals surface area contributed by atoms with Gasteiger partial charge >= 0.3 is 11.9 Å². The summed E-state index contributed by atoms with van der Waals surface area (Å²) in [5.74, 6) is -1.51. The molecule has 0 aliphatic carbocycles. The molecule has 1 aliphatic heterocycles. The molecule has 1 unspecified atom stereocenters. The lowest BCUT2D eigenvalue weighted by Crippen LogP contribution is -2.53. The highest BCUT2D eigenvalue weighted by Gasteiger charge is 2.46. The fourth-order valence-corrected chi connectivity index (χ4v) is 1.74. The monoisotopic (exact) mass is 248 g/mol. The van der Waals surface area contributed by atoms with Crippen LogP contribution in [-0.4, -0.2) is 36.6 Å². The first-order chi connectivity index (χ1) is 7.82. The SMILES string of the molecule is CC(=O)OC1O[C@@H](C)[C@@H](C)[C@@H](OC(C)=O)[C@@H]1F. The van der Waals surface area contributed by atoms with Crippen LogP contribution in [0.2, 0.25) is 0 Å². The molecule has 5 nitrogen and oxygen atoms in total. The Labute approximate surface area is 99.2 Å². The van der Waals surface area contributed by atoms with Gasteiger partial charge in [0.15, 0.2) is 6.17 Å². The van der Waals surface area contributed by atoms with Crippen LogP contribution in [0.25, 0.3) is 0 Å². The Bertz CT molecular complexity index is 306. The van der Waals surface area contributed by atoms with Crippen LogP contribution >= 0.6 is 0 Å². The van der Waals surface area contributed by atoms with Crippen LogP contribution in [0.5, 0.6) is 0 Å². The van der Waals surface area contributed by atoms with Gasteiger partial charge in [-0.2, -0.15) is 0 Å². The van der Waals surface area contributed by atoms with E-state index in [1.54, 1.807) is 13.8 Å². The minimum absolute atomic E-state index is 0.305. The molecule has 0 spiro atoms. The molecular weight excluding hydrogens is 231 g/mol. The Kier molecular flexibility index (Phi) is 4.45. The zero-order valence-electron chi connectivity index (χ0n) is 10.3. The largest absolute Gasteiger partial charge is 0.459 e. The Morgan fingerprint density at radius 3 is 2.12 bits per heavy atom. The number of carbonyl (C=O) groups excluding carboxylic acids is 2. The molecule has 1 heterocycles. The smallest absolute Gasteiger partial charge is 0.305 e. The maximum Gasteiger partial charge on any atom is 0.305 e. The summed E-state index contributed by atoms with van der Waals surface area (Å²) < 4.78 is 28.8. The molecule has 17 heavy (non-hydrogen) atoms. The van der Waals surface area contributed by atoms with E-state index in [0.29, 0.717) is 0 Å². The quantitative estimate of drug-likeness (QED) is 0.687. The van der Waals surface area contributed by atoms with Gasteiger partial charge in [-0.05, 0) is 6.92 Å². The van der Waals surface area contributed by atoms with Gasteiger partial charge in [-0.1, -0.05) is 6.92 Å². The number of carbonyl (C=O) groups is 2. The fraction of sp³-hybridized carbons (Fsp3) is 0.818. The van der Waals surface area contributed by atoms with Crippen molar-refractivity contribution in [1.82, 2.24) is 0 Å². The van der Waals surface area contributed by atoms with Gasteiger partial charge in [0.05, 0.1) is 6.10 Å². The molecule has 0 bridgehead atoms. The van der Waals surface area contributed by atoms with Gasteiger partial charge < -0.3 is 14.2 Å². The summed E-state index contributed by atoms with van der Waals surface area (Å²) in [7, 11) is 0. The topological polar surface area (TPSA) is 61.8 Å². The second-order valence-corrected chi connectivity index (χ2v) is 4.20. The number of rotatable bonds is 2. The molecule has 98 valence electrons. The fourth-order valence-electron chi connectivity index (χ4n) is 1.74. The van der Waals surface area contributed by atoms with E-state index in [9.17, 15) is 14.0 Å². The van der Waals surface area contributed by atoms with Crippen molar-refractivity contribution in [2.24, 2.45) is 5.92 Å². The van der Waals surface area contributed by atoms with Crippen LogP contribution in [0.4, 0.5) is 4.39 Å². The van der Waals surface area contributed by atoms with Crippen molar-refractivity contribution in [2.45, 2.75) is 52.4 Å². The van der Waals surface area contributed by atoms with Crippen LogP contribution in [0.3, 0.4) is 0 Å². The van der Waals surface area contributed by atoms with Crippen molar-refractivity contribution in [2.75, 3.05) is 0 Å². The third-order valence-electron chi connectivity index (χ3n) is 2.77. The summed E-state index contributed by atoms with van der Waals surface area (Å²) in [5.41, 5.74) is 0. The highest BCUT2D eigenvalue weighted by atomic mass is 19.1. The van der Waals surface area contributed by atoms with Gasteiger partial charge in [0.2, 0.25) is 6.29 Å². The van der Waals surface area contributed by atoms with E-state index < -0.39 is 30.5 Å². The van der Waals surface area contributed by atoms with Gasteiger partial charge in [0.1, 0.15) is 6.10 Å². The van der Waals surface area contributed by atoms with Crippen LogP contribution < -0.4 is 0 Å². The highest BCUT2D eigenvalue weighted by molar-refractivity contribution is 5.66. The maximum absolute atomic E-state index is 14.0. The molecule has 6 heteroatoms. The first-order valence-corrected chi connectivity index (χ1v) is 5.47. The molecule has 0 aromatic carbocycles. The van der Waals surface area contributed by atoms with Crippen molar-refractivity contribution < 1.29 is 28.2 Å². The normalized spacial score (nSPS) is 37.4. The number of alkyl halides is 1. The van der Waals surface area contributed by atoms with E-state index in [4.69, 9.17) is 14.2 Å². The molecule has 1 aliphatic rings. The first-order valence-electron chi connectivity index (χ1n) is 5.47. The molecule has 5 atom stereocenters. The molecular formula is C11H17FO5. The molecule has 1 rings (SSSR count). The third-order valence-corrected chi connectivity index (χ3v) is 2.77. The second kappa shape index (κ2) is 5.44. The summed E-state index contributed by atoms with van der Waals surface area (Å²) in [5, 5.41) is 0. The van der Waals surface area contributed by atoms with E-state index in [-0.39, 0.29) is 12.0 Å². The molecule has 0 amide bonds. The van der Waals surface area contributed by atoms with Crippen LogP contribution in [0, 0.1) is 5.92 Å². The van der Waals surface area contributed by atoms with Crippen molar-refractivity contribution in [3.8, 4) is 0 Å². The standard InChI is InChI=1S/C11H17FO5/c1-5-6(2)15-11(17-8(4)14)9(12)10(5)16-7(3)13/h5-6,9-11H,1-4H3/t5-,6+,9+,10-,11?/m1/s1. The summed E-state index contributed by atoms with van der Waals surface area (Å²) in [6, 6.07) is 0. The average molecular weight is 248 g/mol. The molecule has 1 fully saturated rings. The number of ether oxygens (including phenoxy) is 3. The number of halogens is 1. The van der Waals surface area contributed by atoms with Crippen molar-refractivity contribution in [3.05, 3.63) is 0 Å². The lowest BCUT2D eigenvalue weighted by molar-refractivity contribution is -0.258. The van der Waals surface area contributed by atoms with Crippen LogP contribution in [0.1, 0.15) is 27.7 Å². The predicted molar refractivity (Wildman–Crippen MR) is 55.7 cm³/mol. The van der Waals surface area contributed by atoms with E-state index in [0.717, 1.165) is 0 Å². The van der Waals surface area contributed by atoms with Crippen LogP contribution in [0.15, 0.2) is 0 Å². The van der Waals surface area contributed by atoms with Crippen LogP contribution in [-0.2, 0) is 23.8 Å². The second-order valence-electron chi connectivity index (χ2n) is 4.20. The van der Waals surface area contributed by atoms with Crippen molar-refractivity contribution in [3.63, 3.8) is 0 Å². The first kappa shape index (κ1) is 13.9. The number of esters is 2. The summed E-state index contributed by atoms with van der Waals surface area (Å²) >= 11 is 0. The van der Waals surface area contributed by atoms with Gasteiger partial charge in [0.25, 0.3) is 0 Å². The van der Waals surface area contributed by atoms with Gasteiger partial charge in [-0.25, -0.2) is 4.39 Å². The average Bonchev–Trinajstić information content (AvgIpc) is 2.20. The summed E-state index contributed by atoms with van der Waals surface area (Å²) in [6.45, 7) is 5.80. The van der Waals surface area contributed by atoms with Crippen molar-refractivity contribution >= 4 is 11.9 Å². The van der Waals surface area contributed by atoms with E-state index >= 15 is 0 Å². The molecule has 0 N–H and O–H groups in total. The number of hydrogen-bond acceptors (Lipinski definition) is 5. The molecule has 0 radical (unpaired) electrons. The third kappa shape index (κ3) is 3.39. The minimum atomic E-state index is -1.67. The number of hydrogen-bond donors (Lipinski definition) is 0. The lowest BCUT2D eigenvalue weighted by Gasteiger charge is -2.39. The molecule has 1 saturated heterocycles. The van der Waals surface area contributed by atoms with E-state index in [1.165, 1.54) is 13.8 Å². The summed E-state index contributed by atoms with van der Waals surface area (Å²) in [6.07, 6.45) is -4.31. The maximum atomic E-state index is 14.0. The van der Waals surface area contributed by atoms with E-state index in [1.807, 2.05) is 0 Å². The lowest BCUT2D eigenvalue weighted by atomic mass is 9.92. The summed E-state index contributed by atoms with van der Waals surface area (Å²) in [4.78, 5) is 21.7. The Morgan fingerprint density at radius 1 is 1.12 bits per heavy atom. The molecule has 0 aromatic rings. The highest BCUT2D eigenvalue weighted by Crippen LogP contribution is 2.30. The Hall–Kier alpha value is -1.17. The van der Waals surface area contributed by atoms with Gasteiger partial charge in [-0.15, -0.1) is 0 Å². The minimum Gasteiger partial charge on any atom is -0.459 e. The van der Waals surface area contributed by atoms with Crippen molar-refractivity contribution in [1.29, 1.82) is 0 Å². The molecule has 0 saturated carbocycles. The zero-order chi connectivity index (χ0) is 13.2. The Morgan fingerprint density at radius 2 is 1.65 bits per heavy atom. The Balaban J connectivity index is 2.78. The van der Waals surface area contributed by atoms with Gasteiger partial charge in [-0.3, -0.25) is 9.59 Å². The zero-order valence-corrected chi connectivity index (χ0v) is 10.3. The van der Waals surface area contributed by atoms with Gasteiger partial charge in [0, 0.05) is 19.8 Å².